The van der Waals surface area contributed by atoms with Gasteiger partial charge in [-0.25, -0.2) is 0 Å². The van der Waals surface area contributed by atoms with Gasteiger partial charge in [-0.1, -0.05) is 6.92 Å². The van der Waals surface area contributed by atoms with E-state index in [4.69, 9.17) is 10.5 Å². The molecule has 0 saturated carbocycles. The number of rotatable bonds is 4. The fourth-order valence-corrected chi connectivity index (χ4v) is 2.09. The zero-order valence-electron chi connectivity index (χ0n) is 11.2. The lowest BCUT2D eigenvalue weighted by atomic mass is 10.0. The van der Waals surface area contributed by atoms with Crippen LogP contribution in [0, 0.1) is 0 Å². The van der Waals surface area contributed by atoms with Crippen molar-refractivity contribution < 1.29 is 14.3 Å². The van der Waals surface area contributed by atoms with E-state index in [0.717, 1.165) is 6.42 Å². The number of Topliss-reactive ketones (excluding diaryl/α,β-unsaturated/α-hetero) is 1. The molecule has 1 aromatic carbocycles. The van der Waals surface area contributed by atoms with Crippen LogP contribution in [-0.2, 0) is 4.79 Å². The van der Waals surface area contributed by atoms with Gasteiger partial charge >= 0.3 is 0 Å². The van der Waals surface area contributed by atoms with Gasteiger partial charge in [0, 0.05) is 12.1 Å². The molecule has 0 fully saturated rings. The lowest BCUT2D eigenvalue weighted by Gasteiger charge is -2.29. The van der Waals surface area contributed by atoms with Crippen molar-refractivity contribution in [2.75, 3.05) is 18.1 Å². The van der Waals surface area contributed by atoms with E-state index in [0.29, 0.717) is 23.5 Å². The highest BCUT2D eigenvalue weighted by Crippen LogP contribution is 2.33. The SMILES string of the molecule is CCCN1C(=O)COc2ccc(C(=O)C(C)N)cc21. The minimum absolute atomic E-state index is 0.0492. The molecular weight excluding hydrogens is 244 g/mol. The normalized spacial score (nSPS) is 15.7. The summed E-state index contributed by atoms with van der Waals surface area (Å²) in [4.78, 5) is 25.4. The monoisotopic (exact) mass is 262 g/mol. The second kappa shape index (κ2) is 5.40. The average Bonchev–Trinajstić information content (AvgIpc) is 2.40. The molecule has 0 radical (unpaired) electrons. The van der Waals surface area contributed by atoms with Crippen LogP contribution >= 0.6 is 0 Å². The van der Waals surface area contributed by atoms with Gasteiger partial charge in [0.05, 0.1) is 11.7 Å². The molecule has 0 aliphatic carbocycles. The van der Waals surface area contributed by atoms with E-state index in [1.54, 1.807) is 30.0 Å². The first kappa shape index (κ1) is 13.5. The zero-order chi connectivity index (χ0) is 14.0. The minimum Gasteiger partial charge on any atom is -0.482 e. The predicted octanol–water partition coefficient (Wildman–Crippen LogP) is 1.35. The molecule has 0 spiro atoms. The summed E-state index contributed by atoms with van der Waals surface area (Å²) in [5.41, 5.74) is 6.77. The molecule has 2 N–H and O–H groups in total. The van der Waals surface area contributed by atoms with Crippen LogP contribution in [0.4, 0.5) is 5.69 Å². The first-order valence-corrected chi connectivity index (χ1v) is 6.41. The van der Waals surface area contributed by atoms with E-state index in [1.807, 2.05) is 6.92 Å². The summed E-state index contributed by atoms with van der Waals surface area (Å²) < 4.78 is 5.37. The highest BCUT2D eigenvalue weighted by molar-refractivity contribution is 6.03. The number of ether oxygens (including phenoxy) is 1. The molecular formula is C14H18N2O3. The maximum Gasteiger partial charge on any atom is 0.265 e. The highest BCUT2D eigenvalue weighted by atomic mass is 16.5. The average molecular weight is 262 g/mol. The Kier molecular flexibility index (Phi) is 3.85. The Labute approximate surface area is 112 Å². The number of anilines is 1. The van der Waals surface area contributed by atoms with Crippen LogP contribution in [-0.4, -0.2) is 30.9 Å². The van der Waals surface area contributed by atoms with Crippen LogP contribution in [0.1, 0.15) is 30.6 Å². The molecule has 0 saturated heterocycles. The molecule has 5 nitrogen and oxygen atoms in total. The number of amides is 1. The molecule has 1 unspecified atom stereocenters. The van der Waals surface area contributed by atoms with Crippen molar-refractivity contribution >= 4 is 17.4 Å². The molecule has 102 valence electrons. The van der Waals surface area contributed by atoms with Gasteiger partial charge in [0.15, 0.2) is 12.4 Å². The second-order valence-electron chi connectivity index (χ2n) is 4.67. The van der Waals surface area contributed by atoms with E-state index in [-0.39, 0.29) is 18.3 Å². The number of nitrogens with zero attached hydrogens (tertiary/aromatic N) is 1. The van der Waals surface area contributed by atoms with Gasteiger partial charge in [0.25, 0.3) is 5.91 Å². The number of ketones is 1. The minimum atomic E-state index is -0.558. The Balaban J connectivity index is 2.41. The summed E-state index contributed by atoms with van der Waals surface area (Å²) in [5.74, 6) is 0.409. The number of carbonyl (C=O) groups excluding carboxylic acids is 2. The fraction of sp³-hybridized carbons (Fsp3) is 0.429. The van der Waals surface area contributed by atoms with Crippen molar-refractivity contribution in [3.8, 4) is 5.75 Å². The standard InChI is InChI=1S/C14H18N2O3/c1-3-6-16-11-7-10(14(18)9(2)15)4-5-12(11)19-8-13(16)17/h4-5,7,9H,3,6,8,15H2,1-2H3. The smallest absolute Gasteiger partial charge is 0.265 e. The first-order valence-electron chi connectivity index (χ1n) is 6.41. The predicted molar refractivity (Wildman–Crippen MR) is 72.6 cm³/mol. The maximum atomic E-state index is 11.9. The van der Waals surface area contributed by atoms with Crippen molar-refractivity contribution in [2.45, 2.75) is 26.3 Å². The van der Waals surface area contributed by atoms with Crippen LogP contribution in [0.15, 0.2) is 18.2 Å². The molecule has 1 heterocycles. The summed E-state index contributed by atoms with van der Waals surface area (Å²) in [5, 5.41) is 0. The summed E-state index contributed by atoms with van der Waals surface area (Å²) in [6.45, 7) is 4.31. The number of benzene rings is 1. The van der Waals surface area contributed by atoms with Crippen LogP contribution in [0.25, 0.3) is 0 Å². The van der Waals surface area contributed by atoms with E-state index < -0.39 is 6.04 Å². The molecule has 1 aromatic rings. The molecule has 0 bridgehead atoms. The summed E-state index contributed by atoms with van der Waals surface area (Å²) >= 11 is 0. The van der Waals surface area contributed by atoms with Crippen LogP contribution in [0.5, 0.6) is 5.75 Å². The van der Waals surface area contributed by atoms with Gasteiger partial charge < -0.3 is 15.4 Å². The largest absolute Gasteiger partial charge is 0.482 e. The highest BCUT2D eigenvalue weighted by Gasteiger charge is 2.26. The number of fused-ring (bicyclic) bond motifs is 1. The molecule has 2 rings (SSSR count). The van der Waals surface area contributed by atoms with E-state index >= 15 is 0 Å². The van der Waals surface area contributed by atoms with Crippen LogP contribution < -0.4 is 15.4 Å². The van der Waals surface area contributed by atoms with E-state index in [9.17, 15) is 9.59 Å². The first-order chi connectivity index (χ1) is 9.04. The Bertz CT molecular complexity index is 511. The molecule has 19 heavy (non-hydrogen) atoms. The van der Waals surface area contributed by atoms with Crippen molar-refractivity contribution in [1.29, 1.82) is 0 Å². The van der Waals surface area contributed by atoms with Gasteiger partial charge in [-0.3, -0.25) is 9.59 Å². The molecule has 0 aromatic heterocycles. The van der Waals surface area contributed by atoms with Gasteiger partial charge in [-0.15, -0.1) is 0 Å². The Morgan fingerprint density at radius 2 is 2.26 bits per heavy atom. The number of hydrogen-bond donors (Lipinski definition) is 1. The van der Waals surface area contributed by atoms with E-state index in [1.165, 1.54) is 0 Å². The quantitative estimate of drug-likeness (QED) is 0.831. The van der Waals surface area contributed by atoms with Crippen molar-refractivity contribution in [3.63, 3.8) is 0 Å². The number of carbonyl (C=O) groups is 2. The lowest BCUT2D eigenvalue weighted by Crippen LogP contribution is -2.39. The zero-order valence-corrected chi connectivity index (χ0v) is 11.2. The Morgan fingerprint density at radius 1 is 1.53 bits per heavy atom. The van der Waals surface area contributed by atoms with Gasteiger partial charge in [0.1, 0.15) is 5.75 Å². The fourth-order valence-electron chi connectivity index (χ4n) is 2.09. The van der Waals surface area contributed by atoms with Crippen molar-refractivity contribution in [2.24, 2.45) is 5.73 Å². The molecule has 1 aliphatic rings. The number of nitrogens with two attached hydrogens (primary N) is 1. The third-order valence-electron chi connectivity index (χ3n) is 3.05. The topological polar surface area (TPSA) is 72.6 Å². The van der Waals surface area contributed by atoms with Gasteiger partial charge in [-0.2, -0.15) is 0 Å². The molecule has 1 aliphatic heterocycles. The van der Waals surface area contributed by atoms with Crippen LogP contribution in [0.3, 0.4) is 0 Å². The molecule has 5 heteroatoms. The van der Waals surface area contributed by atoms with Gasteiger partial charge in [0.2, 0.25) is 0 Å². The summed E-state index contributed by atoms with van der Waals surface area (Å²) in [7, 11) is 0. The van der Waals surface area contributed by atoms with Crippen molar-refractivity contribution in [1.82, 2.24) is 0 Å². The lowest BCUT2D eigenvalue weighted by molar-refractivity contribution is -0.121. The maximum absolute atomic E-state index is 11.9. The number of hydrogen-bond acceptors (Lipinski definition) is 4. The second-order valence-corrected chi connectivity index (χ2v) is 4.67. The van der Waals surface area contributed by atoms with Crippen molar-refractivity contribution in [3.05, 3.63) is 23.8 Å². The van der Waals surface area contributed by atoms with Gasteiger partial charge in [-0.05, 0) is 31.5 Å². The Hall–Kier alpha value is -1.88. The third kappa shape index (κ3) is 2.61. The molecule has 1 amide bonds. The molecule has 1 atom stereocenters. The summed E-state index contributed by atoms with van der Waals surface area (Å²) in [6, 6.07) is 4.54. The van der Waals surface area contributed by atoms with Crippen LogP contribution in [0.2, 0.25) is 0 Å². The third-order valence-corrected chi connectivity index (χ3v) is 3.05. The Morgan fingerprint density at radius 3 is 2.89 bits per heavy atom. The summed E-state index contributed by atoms with van der Waals surface area (Å²) in [6.07, 6.45) is 0.844. The van der Waals surface area contributed by atoms with E-state index in [2.05, 4.69) is 0 Å².